The van der Waals surface area contributed by atoms with Gasteiger partial charge < -0.3 is 4.42 Å². The van der Waals surface area contributed by atoms with Gasteiger partial charge in [0, 0.05) is 16.2 Å². The van der Waals surface area contributed by atoms with Crippen molar-refractivity contribution in [2.75, 3.05) is 0 Å². The molecule has 0 N–H and O–H groups in total. The van der Waals surface area contributed by atoms with E-state index in [2.05, 4.69) is 30.3 Å². The topological polar surface area (TPSA) is 13.1 Å². The van der Waals surface area contributed by atoms with Crippen LogP contribution >= 0.6 is 0 Å². The van der Waals surface area contributed by atoms with Crippen LogP contribution in [0.15, 0.2) is 101 Å². The van der Waals surface area contributed by atoms with Gasteiger partial charge in [-0.05, 0) is 78.2 Å². The number of rotatable bonds is 2. The van der Waals surface area contributed by atoms with E-state index in [1.165, 1.54) is 0 Å². The normalized spacial score (nSPS) is 11.9. The Labute approximate surface area is 294 Å². The van der Waals surface area contributed by atoms with Crippen molar-refractivity contribution in [1.29, 1.82) is 0 Å². The van der Waals surface area contributed by atoms with Gasteiger partial charge in [0.2, 0.25) is 0 Å². The van der Waals surface area contributed by atoms with Crippen molar-refractivity contribution >= 4 is 172 Å². The Kier molecular flexibility index (Phi) is 6.66. The van der Waals surface area contributed by atoms with Gasteiger partial charge in [0.25, 0.3) is 0 Å². The van der Waals surface area contributed by atoms with Crippen LogP contribution in [0.25, 0.3) is 87.3 Å². The van der Waals surface area contributed by atoms with E-state index in [1.807, 2.05) is 66.7 Å². The minimum atomic E-state index is 0.172. The molecule has 0 unspecified atom stereocenters. The molecule has 0 aliphatic carbocycles. The Morgan fingerprint density at radius 2 is 0.878 bits per heavy atom. The van der Waals surface area contributed by atoms with Crippen molar-refractivity contribution in [2.45, 2.75) is 0 Å². The maximum absolute atomic E-state index is 6.97. The Hall–Kier alpha value is -4.88. The molecule has 0 fully saturated rings. The van der Waals surface area contributed by atoms with Crippen molar-refractivity contribution in [1.82, 2.24) is 0 Å². The number of hydrogen-bond acceptors (Lipinski definition) is 1. The molecule has 0 amide bonds. The fourth-order valence-electron chi connectivity index (χ4n) is 7.61. The SMILES string of the molecule is [B]c1c([B])c([B])c2c(-c3cccc4ccccc34)c3c([B])c([B])c([B])c([B])c3c(-c3ccc4oc5c6ccccc6ccc5c4c3)c2c1[B]. The van der Waals surface area contributed by atoms with E-state index in [4.69, 9.17) is 67.2 Å². The lowest BCUT2D eigenvalue weighted by molar-refractivity contribution is 0.672. The molecule has 206 valence electrons. The van der Waals surface area contributed by atoms with Gasteiger partial charge in [-0.25, -0.2) is 0 Å². The monoisotopic (exact) mass is 600 g/mol. The number of fused-ring (bicyclic) bond motifs is 8. The highest BCUT2D eigenvalue weighted by atomic mass is 16.3. The van der Waals surface area contributed by atoms with Crippen molar-refractivity contribution in [2.24, 2.45) is 0 Å². The van der Waals surface area contributed by atoms with Crippen LogP contribution in [0.5, 0.6) is 0 Å². The second-order valence-corrected chi connectivity index (χ2v) is 12.6. The quantitative estimate of drug-likeness (QED) is 0.219. The van der Waals surface area contributed by atoms with E-state index in [9.17, 15) is 0 Å². The van der Waals surface area contributed by atoms with Crippen LogP contribution in [0.1, 0.15) is 0 Å². The highest BCUT2D eigenvalue weighted by Gasteiger charge is 2.25. The second kappa shape index (κ2) is 10.8. The third-order valence-electron chi connectivity index (χ3n) is 10.0. The largest absolute Gasteiger partial charge is 0.455 e. The minimum absolute atomic E-state index is 0.172. The molecule has 9 heteroatoms. The van der Waals surface area contributed by atoms with Crippen LogP contribution in [0.4, 0.5) is 0 Å². The van der Waals surface area contributed by atoms with Gasteiger partial charge in [0.05, 0.1) is 0 Å². The van der Waals surface area contributed by atoms with Gasteiger partial charge in [0.15, 0.2) is 0 Å². The molecule has 0 aliphatic rings. The van der Waals surface area contributed by atoms with Gasteiger partial charge in [-0.3, -0.25) is 0 Å². The Balaban J connectivity index is 1.54. The smallest absolute Gasteiger partial charge is 0.143 e. The molecule has 16 radical (unpaired) electrons. The molecular weight excluding hydrogens is 583 g/mol. The summed E-state index contributed by atoms with van der Waals surface area (Å²) >= 11 is 0. The average molecular weight is 599 g/mol. The van der Waals surface area contributed by atoms with Gasteiger partial charge >= 0.3 is 0 Å². The summed E-state index contributed by atoms with van der Waals surface area (Å²) in [6.45, 7) is 0. The van der Waals surface area contributed by atoms with Crippen LogP contribution in [0.3, 0.4) is 0 Å². The van der Waals surface area contributed by atoms with Gasteiger partial charge in [-0.1, -0.05) is 101 Å². The fourth-order valence-corrected chi connectivity index (χ4v) is 7.61. The first-order valence-electron chi connectivity index (χ1n) is 15.8. The first-order chi connectivity index (χ1) is 23.7. The molecule has 9 aromatic rings. The number of benzene rings is 8. The summed E-state index contributed by atoms with van der Waals surface area (Å²) in [5.74, 6) is 0. The first kappa shape index (κ1) is 30.2. The minimum Gasteiger partial charge on any atom is -0.455 e. The lowest BCUT2D eigenvalue weighted by atomic mass is 9.59. The summed E-state index contributed by atoms with van der Waals surface area (Å²) < 4.78 is 6.44. The predicted molar refractivity (Wildman–Crippen MR) is 218 cm³/mol. The molecule has 9 rings (SSSR count). The van der Waals surface area contributed by atoms with E-state index in [0.717, 1.165) is 54.6 Å². The standard InChI is InChI=1S/C40H16B8O/c41-32-28-26(19-13-15-25-24(16-19)23-14-12-18-7-2-4-10-21(18)40(23)49-25)29-31(35(44)39(48)37(46)33(29)42)27(30(28)34(43)38(47)36(32)45)22-11-5-8-17-6-1-3-9-20(17)22/h1-16H. The molecule has 0 atom stereocenters. The lowest BCUT2D eigenvalue weighted by Crippen LogP contribution is -2.50. The van der Waals surface area contributed by atoms with Crippen molar-refractivity contribution in [3.05, 3.63) is 97.1 Å². The zero-order chi connectivity index (χ0) is 33.9. The van der Waals surface area contributed by atoms with E-state index >= 15 is 0 Å². The maximum Gasteiger partial charge on any atom is 0.143 e. The highest BCUT2D eigenvalue weighted by Crippen LogP contribution is 2.44. The molecule has 0 saturated carbocycles. The van der Waals surface area contributed by atoms with Gasteiger partial charge in [0.1, 0.15) is 73.9 Å². The molecule has 1 aromatic heterocycles. The Bertz CT molecular complexity index is 2840. The van der Waals surface area contributed by atoms with Gasteiger partial charge in [-0.2, -0.15) is 0 Å². The van der Waals surface area contributed by atoms with E-state index in [1.54, 1.807) is 0 Å². The maximum atomic E-state index is 6.97. The summed E-state index contributed by atoms with van der Waals surface area (Å²) in [7, 11) is 54.2. The highest BCUT2D eigenvalue weighted by molar-refractivity contribution is 6.71. The summed E-state index contributed by atoms with van der Waals surface area (Å²) in [5.41, 5.74) is 6.22. The molecular formula is C40H16B8O. The van der Waals surface area contributed by atoms with Crippen LogP contribution in [-0.4, -0.2) is 62.8 Å². The Morgan fingerprint density at radius 1 is 0.367 bits per heavy atom. The van der Waals surface area contributed by atoms with E-state index in [-0.39, 0.29) is 43.7 Å². The molecule has 0 saturated heterocycles. The molecule has 49 heavy (non-hydrogen) atoms. The van der Waals surface area contributed by atoms with E-state index < -0.39 is 0 Å². The zero-order valence-corrected chi connectivity index (χ0v) is 26.3. The predicted octanol–water partition coefficient (Wildman–Crippen LogP) is 1.88. The molecule has 0 aliphatic heterocycles. The van der Waals surface area contributed by atoms with Crippen LogP contribution in [0.2, 0.25) is 0 Å². The fraction of sp³-hybridized carbons (Fsp3) is 0. The third kappa shape index (κ3) is 4.11. The lowest BCUT2D eigenvalue weighted by Gasteiger charge is -2.29. The average Bonchev–Trinajstić information content (AvgIpc) is 3.51. The van der Waals surface area contributed by atoms with Crippen molar-refractivity contribution in [3.63, 3.8) is 0 Å². The molecule has 0 spiro atoms. The molecule has 1 heterocycles. The van der Waals surface area contributed by atoms with Crippen LogP contribution in [-0.2, 0) is 0 Å². The second-order valence-electron chi connectivity index (χ2n) is 12.6. The molecule has 0 bridgehead atoms. The first-order valence-corrected chi connectivity index (χ1v) is 15.8. The summed E-state index contributed by atoms with van der Waals surface area (Å²) in [5, 5.41) is 8.27. The summed E-state index contributed by atoms with van der Waals surface area (Å²) in [4.78, 5) is 0. The van der Waals surface area contributed by atoms with Crippen LogP contribution in [0, 0.1) is 0 Å². The van der Waals surface area contributed by atoms with Crippen molar-refractivity contribution in [3.8, 4) is 22.3 Å². The third-order valence-corrected chi connectivity index (χ3v) is 10.0. The van der Waals surface area contributed by atoms with Crippen molar-refractivity contribution < 1.29 is 4.42 Å². The number of hydrogen-bond donors (Lipinski definition) is 0. The van der Waals surface area contributed by atoms with E-state index in [0.29, 0.717) is 32.7 Å². The summed E-state index contributed by atoms with van der Waals surface area (Å²) in [6.07, 6.45) is 0. The zero-order valence-electron chi connectivity index (χ0n) is 26.3. The summed E-state index contributed by atoms with van der Waals surface area (Å²) in [6, 6.07) is 32.3. The Morgan fingerprint density at radius 3 is 1.49 bits per heavy atom. The van der Waals surface area contributed by atoms with Gasteiger partial charge in [-0.15, -0.1) is 21.9 Å². The number of furan rings is 1. The molecule has 1 nitrogen and oxygen atoms in total. The molecule has 8 aromatic carbocycles. The van der Waals surface area contributed by atoms with Crippen LogP contribution < -0.4 is 43.7 Å².